The molecule has 3 rings (SSSR count). The van der Waals surface area contributed by atoms with Crippen molar-refractivity contribution in [2.45, 2.75) is 11.8 Å². The van der Waals surface area contributed by atoms with Crippen LogP contribution in [0.4, 0.5) is 17.1 Å². The summed E-state index contributed by atoms with van der Waals surface area (Å²) in [4.78, 5) is 22.2. The second kappa shape index (κ2) is 8.11. The lowest BCUT2D eigenvalue weighted by Crippen LogP contribution is -2.14. The molecular weight excluding hydrogens is 394 g/mol. The Labute approximate surface area is 167 Å². The highest BCUT2D eigenvalue weighted by Crippen LogP contribution is 2.21. The maximum Gasteiger partial charge on any atom is 0.269 e. The number of hydrogen-bond donors (Lipinski definition) is 2. The fourth-order valence-corrected chi connectivity index (χ4v) is 3.63. The molecule has 8 nitrogen and oxygen atoms in total. The topological polar surface area (TPSA) is 118 Å². The number of nitrogens with zero attached hydrogens (tertiary/aromatic N) is 1. The van der Waals surface area contributed by atoms with Crippen molar-refractivity contribution in [3.8, 4) is 0 Å². The van der Waals surface area contributed by atoms with E-state index in [1.165, 1.54) is 12.1 Å². The SMILES string of the molecule is Cc1cccc(C(=O)Nc2ccc(NS(=O)(=O)c3ccc([N+](=O)[O-])cc3)cc2)c1. The Balaban J connectivity index is 1.69. The number of non-ortho nitro benzene ring substituents is 1. The number of nitrogens with one attached hydrogen (secondary N) is 2. The summed E-state index contributed by atoms with van der Waals surface area (Å²) in [6.07, 6.45) is 0. The Kier molecular flexibility index (Phi) is 5.60. The van der Waals surface area contributed by atoms with E-state index in [9.17, 15) is 23.3 Å². The summed E-state index contributed by atoms with van der Waals surface area (Å²) in [5.41, 5.74) is 2.09. The number of anilines is 2. The minimum atomic E-state index is -3.90. The van der Waals surface area contributed by atoms with Crippen LogP contribution in [0.2, 0.25) is 0 Å². The zero-order chi connectivity index (χ0) is 21.0. The molecule has 0 heterocycles. The zero-order valence-corrected chi connectivity index (χ0v) is 16.1. The average molecular weight is 411 g/mol. The summed E-state index contributed by atoms with van der Waals surface area (Å²) in [5, 5.41) is 13.4. The van der Waals surface area contributed by atoms with E-state index >= 15 is 0 Å². The summed E-state index contributed by atoms with van der Waals surface area (Å²) in [5.74, 6) is -0.270. The minimum Gasteiger partial charge on any atom is -0.322 e. The van der Waals surface area contributed by atoms with E-state index < -0.39 is 14.9 Å². The molecule has 0 atom stereocenters. The van der Waals surface area contributed by atoms with Crippen molar-refractivity contribution < 1.29 is 18.1 Å². The van der Waals surface area contributed by atoms with Gasteiger partial charge in [-0.3, -0.25) is 19.6 Å². The fraction of sp³-hybridized carbons (Fsp3) is 0.0500. The monoisotopic (exact) mass is 411 g/mol. The van der Waals surface area contributed by atoms with Crippen molar-refractivity contribution in [1.82, 2.24) is 0 Å². The van der Waals surface area contributed by atoms with E-state index in [4.69, 9.17) is 0 Å². The summed E-state index contributed by atoms with van der Waals surface area (Å²) < 4.78 is 27.2. The number of sulfonamides is 1. The minimum absolute atomic E-state index is 0.0973. The first-order valence-electron chi connectivity index (χ1n) is 8.50. The zero-order valence-electron chi connectivity index (χ0n) is 15.3. The van der Waals surface area contributed by atoms with Crippen molar-refractivity contribution >= 4 is 33.0 Å². The van der Waals surface area contributed by atoms with Crippen LogP contribution in [0.5, 0.6) is 0 Å². The van der Waals surface area contributed by atoms with E-state index in [1.54, 1.807) is 30.3 Å². The number of carbonyl (C=O) groups is 1. The third kappa shape index (κ3) is 4.96. The van der Waals surface area contributed by atoms with Gasteiger partial charge in [-0.2, -0.15) is 0 Å². The molecule has 3 aromatic rings. The lowest BCUT2D eigenvalue weighted by Gasteiger charge is -2.10. The Hall–Kier alpha value is -3.72. The van der Waals surface area contributed by atoms with Crippen LogP contribution in [-0.4, -0.2) is 19.2 Å². The molecule has 0 radical (unpaired) electrons. The molecule has 0 spiro atoms. The molecule has 0 saturated heterocycles. The van der Waals surface area contributed by atoms with E-state index in [-0.39, 0.29) is 22.2 Å². The van der Waals surface area contributed by atoms with E-state index in [1.807, 2.05) is 13.0 Å². The van der Waals surface area contributed by atoms with Crippen LogP contribution in [0.3, 0.4) is 0 Å². The second-order valence-corrected chi connectivity index (χ2v) is 7.94. The Morgan fingerprint density at radius 3 is 2.14 bits per heavy atom. The Bertz CT molecular complexity index is 1160. The maximum atomic E-state index is 12.4. The maximum absolute atomic E-state index is 12.4. The molecule has 0 aliphatic heterocycles. The standard InChI is InChI=1S/C20H17N3O5S/c1-14-3-2-4-15(13-14)20(24)21-16-5-7-17(8-6-16)22-29(27,28)19-11-9-18(10-12-19)23(25)26/h2-13,22H,1H3,(H,21,24). The van der Waals surface area contributed by atoms with Crippen molar-refractivity contribution in [3.05, 3.63) is 94.0 Å². The molecule has 0 aromatic heterocycles. The molecule has 29 heavy (non-hydrogen) atoms. The second-order valence-electron chi connectivity index (χ2n) is 6.26. The first-order valence-corrected chi connectivity index (χ1v) is 9.98. The number of nitro benzene ring substituents is 1. The van der Waals surface area contributed by atoms with Gasteiger partial charge in [0.2, 0.25) is 0 Å². The van der Waals surface area contributed by atoms with Crippen LogP contribution < -0.4 is 10.0 Å². The molecule has 0 saturated carbocycles. The highest BCUT2D eigenvalue weighted by molar-refractivity contribution is 7.92. The summed E-state index contributed by atoms with van der Waals surface area (Å²) >= 11 is 0. The van der Waals surface area contributed by atoms with Crippen LogP contribution >= 0.6 is 0 Å². The summed E-state index contributed by atoms with van der Waals surface area (Å²) in [6, 6.07) is 17.9. The fourth-order valence-electron chi connectivity index (χ4n) is 2.57. The molecule has 9 heteroatoms. The predicted octanol–water partition coefficient (Wildman–Crippen LogP) is 3.96. The number of amides is 1. The van der Waals surface area contributed by atoms with Crippen LogP contribution in [0, 0.1) is 17.0 Å². The van der Waals surface area contributed by atoms with Gasteiger partial charge in [0, 0.05) is 29.1 Å². The molecule has 148 valence electrons. The molecule has 0 unspecified atom stereocenters. The van der Waals surface area contributed by atoms with Crippen molar-refractivity contribution in [2.75, 3.05) is 10.0 Å². The number of aryl methyl sites for hydroxylation is 1. The largest absolute Gasteiger partial charge is 0.322 e. The summed E-state index contributed by atoms with van der Waals surface area (Å²) in [7, 11) is -3.90. The summed E-state index contributed by atoms with van der Waals surface area (Å²) in [6.45, 7) is 1.89. The molecule has 0 fully saturated rings. The lowest BCUT2D eigenvalue weighted by molar-refractivity contribution is -0.384. The third-order valence-corrected chi connectivity index (χ3v) is 5.43. The van der Waals surface area contributed by atoms with E-state index in [2.05, 4.69) is 10.0 Å². The van der Waals surface area contributed by atoms with Gasteiger partial charge in [0.1, 0.15) is 0 Å². The van der Waals surface area contributed by atoms with Gasteiger partial charge in [0.05, 0.1) is 9.82 Å². The first-order chi connectivity index (χ1) is 13.7. The van der Waals surface area contributed by atoms with Gasteiger partial charge < -0.3 is 5.32 Å². The van der Waals surface area contributed by atoms with Crippen LogP contribution in [0.1, 0.15) is 15.9 Å². The number of rotatable bonds is 6. The van der Waals surface area contributed by atoms with Gasteiger partial charge in [-0.15, -0.1) is 0 Å². The molecule has 1 amide bonds. The van der Waals surface area contributed by atoms with Gasteiger partial charge in [-0.1, -0.05) is 17.7 Å². The van der Waals surface area contributed by atoms with Gasteiger partial charge in [-0.05, 0) is 55.5 Å². The Morgan fingerprint density at radius 1 is 0.931 bits per heavy atom. The lowest BCUT2D eigenvalue weighted by atomic mass is 10.1. The van der Waals surface area contributed by atoms with Gasteiger partial charge in [-0.25, -0.2) is 8.42 Å². The van der Waals surface area contributed by atoms with Crippen LogP contribution in [0.15, 0.2) is 77.7 Å². The quantitative estimate of drug-likeness (QED) is 0.470. The third-order valence-electron chi connectivity index (χ3n) is 4.03. The smallest absolute Gasteiger partial charge is 0.269 e. The van der Waals surface area contributed by atoms with Gasteiger partial charge in [0.15, 0.2) is 0 Å². The van der Waals surface area contributed by atoms with Gasteiger partial charge >= 0.3 is 0 Å². The highest BCUT2D eigenvalue weighted by Gasteiger charge is 2.16. The number of carbonyl (C=O) groups excluding carboxylic acids is 1. The molecule has 2 N–H and O–H groups in total. The molecule has 0 bridgehead atoms. The predicted molar refractivity (Wildman–Crippen MR) is 109 cm³/mol. The number of benzene rings is 3. The van der Waals surface area contributed by atoms with E-state index in [0.29, 0.717) is 11.3 Å². The van der Waals surface area contributed by atoms with Crippen LogP contribution in [0.25, 0.3) is 0 Å². The molecular formula is C20H17N3O5S. The molecule has 0 aliphatic rings. The van der Waals surface area contributed by atoms with Gasteiger partial charge in [0.25, 0.3) is 21.6 Å². The average Bonchev–Trinajstić information content (AvgIpc) is 2.69. The molecule has 3 aromatic carbocycles. The highest BCUT2D eigenvalue weighted by atomic mass is 32.2. The first kappa shape index (κ1) is 20.0. The van der Waals surface area contributed by atoms with Crippen LogP contribution in [-0.2, 0) is 10.0 Å². The Morgan fingerprint density at radius 2 is 1.55 bits per heavy atom. The number of nitro groups is 1. The van der Waals surface area contributed by atoms with E-state index in [0.717, 1.165) is 29.8 Å². The number of hydrogen-bond acceptors (Lipinski definition) is 5. The normalized spacial score (nSPS) is 10.9. The molecule has 0 aliphatic carbocycles. The van der Waals surface area contributed by atoms with Crippen molar-refractivity contribution in [3.63, 3.8) is 0 Å². The van der Waals surface area contributed by atoms with Crippen molar-refractivity contribution in [1.29, 1.82) is 0 Å². The van der Waals surface area contributed by atoms with Crippen molar-refractivity contribution in [2.24, 2.45) is 0 Å².